The summed E-state index contributed by atoms with van der Waals surface area (Å²) in [5.41, 5.74) is 2.30. The Bertz CT molecular complexity index is 1290. The van der Waals surface area contributed by atoms with Crippen molar-refractivity contribution in [2.24, 2.45) is 0 Å². The second-order valence-corrected chi connectivity index (χ2v) is 8.53. The molecule has 0 saturated carbocycles. The predicted molar refractivity (Wildman–Crippen MR) is 117 cm³/mol. The number of pyridine rings is 1. The van der Waals surface area contributed by atoms with Crippen LogP contribution in [0.4, 0.5) is 10.4 Å². The highest BCUT2D eigenvalue weighted by Gasteiger charge is 2.20. The molecule has 5 rings (SSSR count). The number of anilines is 1. The molecule has 4 aromatic heterocycles. The zero-order chi connectivity index (χ0) is 22.2. The highest BCUT2D eigenvalue weighted by atomic mass is 32.1. The number of nitrogens with zero attached hydrogens (tertiary/aromatic N) is 7. The van der Waals surface area contributed by atoms with Crippen LogP contribution in [0.5, 0.6) is 5.19 Å². The van der Waals surface area contributed by atoms with Gasteiger partial charge in [0.05, 0.1) is 11.9 Å². The molecule has 0 aromatic carbocycles. The lowest BCUT2D eigenvalue weighted by molar-refractivity contribution is 0.256. The number of rotatable bonds is 6. The molecule has 32 heavy (non-hydrogen) atoms. The first kappa shape index (κ1) is 20.3. The highest BCUT2D eigenvalue weighted by Crippen LogP contribution is 2.28. The number of aromatic nitrogens is 6. The average Bonchev–Trinajstić information content (AvgIpc) is 3.49. The molecule has 5 heterocycles. The van der Waals surface area contributed by atoms with E-state index in [-0.39, 0.29) is 12.0 Å². The van der Waals surface area contributed by atoms with E-state index in [1.54, 1.807) is 16.8 Å². The first-order valence-electron chi connectivity index (χ1n) is 10.1. The van der Waals surface area contributed by atoms with Crippen LogP contribution in [0.2, 0.25) is 0 Å². The molecule has 0 fully saturated rings. The molecule has 0 spiro atoms. The number of imidazole rings is 1. The Morgan fingerprint density at radius 2 is 2.12 bits per heavy atom. The Labute approximate surface area is 186 Å². The molecule has 0 unspecified atom stereocenters. The fourth-order valence-electron chi connectivity index (χ4n) is 3.18. The Hall–Kier alpha value is -3.60. The summed E-state index contributed by atoms with van der Waals surface area (Å²) in [6.07, 6.45) is 8.87. The Morgan fingerprint density at radius 3 is 2.81 bits per heavy atom. The van der Waals surface area contributed by atoms with Crippen LogP contribution in [0.3, 0.4) is 0 Å². The van der Waals surface area contributed by atoms with Gasteiger partial charge in [-0.15, -0.1) is 5.10 Å². The average molecular weight is 454 g/mol. The lowest BCUT2D eigenvalue weighted by Gasteiger charge is -2.21. The van der Waals surface area contributed by atoms with Crippen molar-refractivity contribution in [1.29, 1.82) is 0 Å². The van der Waals surface area contributed by atoms with Gasteiger partial charge in [0.2, 0.25) is 10.9 Å². The van der Waals surface area contributed by atoms with Crippen LogP contribution in [0.25, 0.3) is 16.2 Å². The van der Waals surface area contributed by atoms with Gasteiger partial charge in [0.25, 0.3) is 5.19 Å². The van der Waals surface area contributed by atoms with Crippen molar-refractivity contribution in [2.45, 2.75) is 32.8 Å². The largest absolute Gasteiger partial charge is 0.461 e. The van der Waals surface area contributed by atoms with Gasteiger partial charge in [-0.3, -0.25) is 4.90 Å². The van der Waals surface area contributed by atoms with E-state index < -0.39 is 5.95 Å². The Kier molecular flexibility index (Phi) is 5.17. The summed E-state index contributed by atoms with van der Waals surface area (Å²) in [6, 6.07) is 3.52. The summed E-state index contributed by atoms with van der Waals surface area (Å²) in [5, 5.41) is 8.95. The minimum atomic E-state index is -0.545. The van der Waals surface area contributed by atoms with Gasteiger partial charge in [0, 0.05) is 36.5 Å². The van der Waals surface area contributed by atoms with Gasteiger partial charge in [-0.2, -0.15) is 9.37 Å². The SMILES string of the molecule is CC(C)c1noc(N2C=CC([C@@H](C)Oc3nn4cc(-c5ccnc(F)c5)nc4s3)=CC2)n1. The van der Waals surface area contributed by atoms with Crippen molar-refractivity contribution in [1.82, 2.24) is 29.7 Å². The summed E-state index contributed by atoms with van der Waals surface area (Å²) >= 11 is 1.33. The fraction of sp³-hybridized carbons (Fsp3) is 0.286. The highest BCUT2D eigenvalue weighted by molar-refractivity contribution is 7.18. The van der Waals surface area contributed by atoms with Crippen molar-refractivity contribution < 1.29 is 13.7 Å². The molecule has 0 saturated heterocycles. The lowest BCUT2D eigenvalue weighted by Crippen LogP contribution is -2.23. The summed E-state index contributed by atoms with van der Waals surface area (Å²) in [5.74, 6) is 0.351. The minimum Gasteiger partial charge on any atom is -0.461 e. The summed E-state index contributed by atoms with van der Waals surface area (Å²) in [6.45, 7) is 6.61. The zero-order valence-electron chi connectivity index (χ0n) is 17.6. The molecule has 164 valence electrons. The molecule has 0 bridgehead atoms. The first-order valence-corrected chi connectivity index (χ1v) is 10.9. The molecular formula is C21H20FN7O2S. The van der Waals surface area contributed by atoms with E-state index in [4.69, 9.17) is 9.26 Å². The van der Waals surface area contributed by atoms with Crippen LogP contribution in [0.15, 0.2) is 53.0 Å². The van der Waals surface area contributed by atoms with Gasteiger partial charge < -0.3 is 9.26 Å². The van der Waals surface area contributed by atoms with Crippen LogP contribution < -0.4 is 9.64 Å². The molecule has 1 aliphatic rings. The monoisotopic (exact) mass is 453 g/mol. The van der Waals surface area contributed by atoms with Crippen molar-refractivity contribution in [3.05, 3.63) is 60.2 Å². The molecule has 0 radical (unpaired) electrons. The van der Waals surface area contributed by atoms with Crippen molar-refractivity contribution in [3.63, 3.8) is 0 Å². The van der Waals surface area contributed by atoms with Gasteiger partial charge in [-0.05, 0) is 36.0 Å². The van der Waals surface area contributed by atoms with E-state index in [0.717, 1.165) is 5.57 Å². The predicted octanol–water partition coefficient (Wildman–Crippen LogP) is 4.23. The Morgan fingerprint density at radius 1 is 1.25 bits per heavy atom. The summed E-state index contributed by atoms with van der Waals surface area (Å²) in [4.78, 5) is 15.0. The molecule has 9 nitrogen and oxygen atoms in total. The van der Waals surface area contributed by atoms with Crippen molar-refractivity contribution in [3.8, 4) is 16.5 Å². The van der Waals surface area contributed by atoms with Crippen LogP contribution in [-0.4, -0.2) is 42.4 Å². The third-order valence-corrected chi connectivity index (χ3v) is 5.77. The van der Waals surface area contributed by atoms with Crippen LogP contribution in [0, 0.1) is 5.95 Å². The quantitative estimate of drug-likeness (QED) is 0.401. The molecule has 1 aliphatic heterocycles. The maximum absolute atomic E-state index is 13.4. The third-order valence-electron chi connectivity index (χ3n) is 4.96. The number of ether oxygens (including phenoxy) is 1. The second kappa shape index (κ2) is 8.15. The van der Waals surface area contributed by atoms with E-state index in [1.807, 2.05) is 37.9 Å². The van der Waals surface area contributed by atoms with Crippen LogP contribution in [-0.2, 0) is 0 Å². The number of halogens is 1. The standard InChI is InChI=1S/C21H20FN7O2S/c1-12(2)18-25-19(31-27-18)28-8-5-14(6-9-28)13(3)30-21-26-29-11-16(24-20(29)32-21)15-4-7-23-17(22)10-15/h4-8,10-13H,9H2,1-3H3/t13-/m1/s1. The van der Waals surface area contributed by atoms with Crippen LogP contribution in [0.1, 0.15) is 32.5 Å². The summed E-state index contributed by atoms with van der Waals surface area (Å²) in [7, 11) is 0. The lowest BCUT2D eigenvalue weighted by atomic mass is 10.1. The zero-order valence-corrected chi connectivity index (χ0v) is 18.5. The van der Waals surface area contributed by atoms with E-state index in [0.29, 0.717) is 39.8 Å². The van der Waals surface area contributed by atoms with Gasteiger partial charge >= 0.3 is 6.01 Å². The molecule has 1 atom stereocenters. The maximum atomic E-state index is 13.4. The molecule has 0 N–H and O–H groups in total. The normalized spacial score (nSPS) is 14.9. The fourth-order valence-corrected chi connectivity index (χ4v) is 3.99. The Balaban J connectivity index is 1.25. The molecule has 11 heteroatoms. The molecule has 0 aliphatic carbocycles. The number of hydrogen-bond acceptors (Lipinski definition) is 9. The maximum Gasteiger partial charge on any atom is 0.328 e. The molecule has 0 amide bonds. The smallest absolute Gasteiger partial charge is 0.328 e. The summed E-state index contributed by atoms with van der Waals surface area (Å²) < 4.78 is 26.4. The second-order valence-electron chi connectivity index (χ2n) is 7.61. The topological polar surface area (TPSA) is 94.5 Å². The van der Waals surface area contributed by atoms with E-state index >= 15 is 0 Å². The van der Waals surface area contributed by atoms with Crippen LogP contribution >= 0.6 is 11.3 Å². The van der Waals surface area contributed by atoms with Gasteiger partial charge in [0.15, 0.2) is 5.82 Å². The first-order chi connectivity index (χ1) is 15.5. The number of fused-ring (bicyclic) bond motifs is 1. The molecular weight excluding hydrogens is 433 g/mol. The van der Waals surface area contributed by atoms with E-state index in [9.17, 15) is 4.39 Å². The van der Waals surface area contributed by atoms with Crippen molar-refractivity contribution >= 4 is 22.3 Å². The third kappa shape index (κ3) is 3.98. The number of hydrogen-bond donors (Lipinski definition) is 0. The van der Waals surface area contributed by atoms with E-state index in [1.165, 1.54) is 23.6 Å². The van der Waals surface area contributed by atoms with Gasteiger partial charge in [0.1, 0.15) is 6.10 Å². The van der Waals surface area contributed by atoms with Gasteiger partial charge in [-0.1, -0.05) is 25.1 Å². The van der Waals surface area contributed by atoms with Crippen molar-refractivity contribution in [2.75, 3.05) is 11.4 Å². The van der Waals surface area contributed by atoms with Gasteiger partial charge in [-0.25, -0.2) is 14.5 Å². The minimum absolute atomic E-state index is 0.202. The van der Waals surface area contributed by atoms with E-state index in [2.05, 4.69) is 31.3 Å². The molecule has 4 aromatic rings.